The molecule has 0 atom stereocenters. The van der Waals surface area contributed by atoms with Gasteiger partial charge in [0.1, 0.15) is 16.8 Å². The second kappa shape index (κ2) is 27.8. The van der Waals surface area contributed by atoms with E-state index in [-0.39, 0.29) is 37.7 Å². The Morgan fingerprint density at radius 3 is 1.12 bits per heavy atom. The summed E-state index contributed by atoms with van der Waals surface area (Å²) in [6, 6.07) is 11.1. The van der Waals surface area contributed by atoms with Crippen molar-refractivity contribution in [2.45, 2.75) is 130 Å². The summed E-state index contributed by atoms with van der Waals surface area (Å²) in [5.41, 5.74) is -0.210. The van der Waals surface area contributed by atoms with Crippen molar-refractivity contribution in [3.63, 3.8) is 0 Å². The Morgan fingerprint density at radius 2 is 0.788 bits per heavy atom. The molecular weight excluding hydrogens is 851 g/mol. The molecule has 66 heavy (non-hydrogen) atoms. The van der Waals surface area contributed by atoms with Crippen LogP contribution in [0.4, 0.5) is 14.4 Å². The Morgan fingerprint density at radius 1 is 0.455 bits per heavy atom. The fourth-order valence-electron chi connectivity index (χ4n) is 6.69. The molecule has 0 saturated heterocycles. The van der Waals surface area contributed by atoms with E-state index in [0.29, 0.717) is 101 Å². The molecule has 2 aromatic rings. The second-order valence-electron chi connectivity index (χ2n) is 18.9. The average Bonchev–Trinajstić information content (AvgIpc) is 3.23. The van der Waals surface area contributed by atoms with Gasteiger partial charge in [0, 0.05) is 65.2 Å². The highest BCUT2D eigenvalue weighted by Gasteiger charge is 2.24. The molecule has 2 N–H and O–H groups in total. The van der Waals surface area contributed by atoms with Gasteiger partial charge in [0.25, 0.3) is 0 Å². The van der Waals surface area contributed by atoms with E-state index in [1.165, 1.54) is 0 Å². The summed E-state index contributed by atoms with van der Waals surface area (Å²) in [4.78, 5) is 71.0. The van der Waals surface area contributed by atoms with E-state index in [1.807, 2.05) is 36.4 Å². The smallest absolute Gasteiger partial charge is 0.410 e. The molecule has 0 bridgehead atoms. The molecular formula is C49H79N5O12. The number of amides is 5. The van der Waals surface area contributed by atoms with Crippen LogP contribution in [0, 0.1) is 0 Å². The molecule has 17 nitrogen and oxygen atoms in total. The number of hydrogen-bond donors (Lipinski definition) is 2. The van der Waals surface area contributed by atoms with Crippen LogP contribution in [0.15, 0.2) is 36.4 Å². The monoisotopic (exact) mass is 930 g/mol. The number of nitrogens with one attached hydrogen (secondary N) is 2. The first-order valence-corrected chi connectivity index (χ1v) is 22.9. The lowest BCUT2D eigenvalue weighted by Gasteiger charge is -2.30. The van der Waals surface area contributed by atoms with Crippen LogP contribution >= 0.6 is 0 Å². The van der Waals surface area contributed by atoms with Crippen LogP contribution in [-0.2, 0) is 36.6 Å². The van der Waals surface area contributed by atoms with Crippen molar-refractivity contribution >= 4 is 30.1 Å². The maximum absolute atomic E-state index is 13.8. The number of carbonyl (C=O) groups is 5. The zero-order chi connectivity index (χ0) is 49.5. The van der Waals surface area contributed by atoms with E-state index in [4.69, 9.17) is 33.2 Å². The molecule has 0 aliphatic rings. The minimum atomic E-state index is -0.754. The lowest BCUT2D eigenvalue weighted by atomic mass is 10.1. The largest absolute Gasteiger partial charge is 0.493 e. The minimum absolute atomic E-state index is 0.0748. The van der Waals surface area contributed by atoms with Gasteiger partial charge < -0.3 is 58.5 Å². The van der Waals surface area contributed by atoms with Crippen molar-refractivity contribution in [2.24, 2.45) is 0 Å². The van der Waals surface area contributed by atoms with Gasteiger partial charge in [-0.3, -0.25) is 9.59 Å². The van der Waals surface area contributed by atoms with Crippen LogP contribution in [0.25, 0.3) is 0 Å². The molecule has 0 radical (unpaired) electrons. The van der Waals surface area contributed by atoms with Crippen molar-refractivity contribution in [1.82, 2.24) is 25.3 Å². The van der Waals surface area contributed by atoms with E-state index in [2.05, 4.69) is 10.6 Å². The number of nitrogens with zero attached hydrogens (tertiary/aromatic N) is 3. The van der Waals surface area contributed by atoms with Crippen LogP contribution in [0.3, 0.4) is 0 Å². The van der Waals surface area contributed by atoms with E-state index in [1.54, 1.807) is 105 Å². The van der Waals surface area contributed by atoms with Crippen LogP contribution in [0.1, 0.15) is 112 Å². The normalized spacial score (nSPS) is 11.5. The minimum Gasteiger partial charge on any atom is -0.493 e. The highest BCUT2D eigenvalue weighted by molar-refractivity contribution is 5.77. The van der Waals surface area contributed by atoms with Gasteiger partial charge in [-0.05, 0) is 136 Å². The number of aryl methyl sites for hydroxylation is 2. The van der Waals surface area contributed by atoms with Crippen molar-refractivity contribution in [2.75, 3.05) is 80.8 Å². The van der Waals surface area contributed by atoms with Gasteiger partial charge >= 0.3 is 18.3 Å². The van der Waals surface area contributed by atoms with Crippen molar-refractivity contribution in [1.29, 1.82) is 0 Å². The van der Waals surface area contributed by atoms with Gasteiger partial charge in [-0.1, -0.05) is 12.1 Å². The fourth-order valence-corrected chi connectivity index (χ4v) is 6.69. The molecule has 5 amide bonds. The molecule has 17 heteroatoms. The number of methoxy groups -OCH3 is 4. The topological polar surface area (TPSA) is 184 Å². The van der Waals surface area contributed by atoms with Crippen molar-refractivity contribution in [3.8, 4) is 23.0 Å². The SMILES string of the molecule is COc1ccc(CCC(=O)N(CCCNC(=O)OC(C)(C)C)CCCN(CCCN(CCCNC(=O)OC(C)(C)C)C(=O)CCc2ccc(OC)c(OC)c2)C(=O)OC(C)(C)C)cc1OC. The number of carbonyl (C=O) groups excluding carboxylic acids is 5. The highest BCUT2D eigenvalue weighted by atomic mass is 16.6. The maximum Gasteiger partial charge on any atom is 0.410 e. The summed E-state index contributed by atoms with van der Waals surface area (Å²) < 4.78 is 38.2. The fraction of sp³-hybridized carbons (Fsp3) is 0.653. The maximum atomic E-state index is 13.8. The van der Waals surface area contributed by atoms with Crippen LogP contribution in [0.5, 0.6) is 23.0 Å². The number of hydrogen-bond acceptors (Lipinski definition) is 12. The Kier molecular flexibility index (Phi) is 23.8. The molecule has 0 saturated carbocycles. The highest BCUT2D eigenvalue weighted by Crippen LogP contribution is 2.29. The summed E-state index contributed by atoms with van der Waals surface area (Å²) in [5.74, 6) is 2.20. The summed E-state index contributed by atoms with van der Waals surface area (Å²) in [5, 5.41) is 5.53. The molecule has 0 heterocycles. The van der Waals surface area contributed by atoms with Crippen molar-refractivity contribution < 1.29 is 57.1 Å². The van der Waals surface area contributed by atoms with Gasteiger partial charge in [-0.25, -0.2) is 14.4 Å². The molecule has 0 aromatic heterocycles. The predicted molar refractivity (Wildman–Crippen MR) is 254 cm³/mol. The zero-order valence-electron chi connectivity index (χ0n) is 42.0. The van der Waals surface area contributed by atoms with E-state index in [9.17, 15) is 24.0 Å². The Bertz CT molecular complexity index is 1720. The van der Waals surface area contributed by atoms with Gasteiger partial charge in [0.05, 0.1) is 28.4 Å². The number of ether oxygens (including phenoxy) is 7. The quantitative estimate of drug-likeness (QED) is 0.0691. The molecule has 2 aromatic carbocycles. The Labute approximate surface area is 393 Å². The van der Waals surface area contributed by atoms with E-state index < -0.39 is 35.1 Å². The number of alkyl carbamates (subject to hydrolysis) is 2. The molecule has 0 spiro atoms. The third-order valence-corrected chi connectivity index (χ3v) is 9.77. The summed E-state index contributed by atoms with van der Waals surface area (Å²) in [6.07, 6.45) is 1.71. The van der Waals surface area contributed by atoms with E-state index >= 15 is 0 Å². The zero-order valence-corrected chi connectivity index (χ0v) is 42.0. The molecule has 0 aliphatic heterocycles. The number of rotatable bonds is 26. The average molecular weight is 930 g/mol. The standard InChI is InChI=1S/C49H79N5O12/c1-47(2,3)64-44(57)50-26-14-28-52(42(55)24-20-36-18-22-38(60-10)40(34-36)62-12)30-16-32-54(46(59)66-49(7,8)9)33-17-31-53(29-15-27-51-45(58)65-48(4,5)6)43(56)25-21-37-19-23-39(61-11)41(35-37)63-13/h18-19,22-23,34-35H,14-17,20-21,24-33H2,1-13H3,(H,50,57)(H,51,58). The number of benzene rings is 2. The Balaban J connectivity index is 2.21. The lowest BCUT2D eigenvalue weighted by Crippen LogP contribution is -2.42. The van der Waals surface area contributed by atoms with Gasteiger partial charge in [0.15, 0.2) is 23.0 Å². The molecule has 372 valence electrons. The summed E-state index contributed by atoms with van der Waals surface area (Å²) in [7, 11) is 6.26. The third-order valence-electron chi connectivity index (χ3n) is 9.77. The van der Waals surface area contributed by atoms with Crippen molar-refractivity contribution in [3.05, 3.63) is 47.5 Å². The van der Waals surface area contributed by atoms with Crippen LogP contribution in [0.2, 0.25) is 0 Å². The first kappa shape index (κ1) is 56.5. The molecule has 2 rings (SSSR count). The molecule has 0 fully saturated rings. The van der Waals surface area contributed by atoms with Gasteiger partial charge in [0.2, 0.25) is 11.8 Å². The first-order chi connectivity index (χ1) is 31.0. The molecule has 0 aliphatic carbocycles. The predicted octanol–water partition coefficient (Wildman–Crippen LogP) is 7.79. The Hall–Kier alpha value is -5.61. The van der Waals surface area contributed by atoms with Crippen LogP contribution < -0.4 is 29.6 Å². The van der Waals surface area contributed by atoms with Gasteiger partial charge in [-0.2, -0.15) is 0 Å². The summed E-state index contributed by atoms with van der Waals surface area (Å²) in [6.45, 7) is 18.8. The van der Waals surface area contributed by atoms with Gasteiger partial charge in [-0.15, -0.1) is 0 Å². The van der Waals surface area contributed by atoms with Crippen LogP contribution in [-0.4, -0.2) is 142 Å². The molecule has 0 unspecified atom stereocenters. The lowest BCUT2D eigenvalue weighted by molar-refractivity contribution is -0.132. The first-order valence-electron chi connectivity index (χ1n) is 22.9. The summed E-state index contributed by atoms with van der Waals surface area (Å²) >= 11 is 0. The van der Waals surface area contributed by atoms with E-state index in [0.717, 1.165) is 11.1 Å². The second-order valence-corrected chi connectivity index (χ2v) is 18.9. The third kappa shape index (κ3) is 23.0.